The van der Waals surface area contributed by atoms with Gasteiger partial charge in [-0.2, -0.15) is 4.37 Å². The maximum atomic E-state index is 12.8. The van der Waals surface area contributed by atoms with E-state index in [2.05, 4.69) is 14.7 Å². The van der Waals surface area contributed by atoms with Gasteiger partial charge in [-0.15, -0.1) is 0 Å². The average molecular weight is 404 g/mol. The first-order valence-electron chi connectivity index (χ1n) is 9.61. The Morgan fingerprint density at radius 3 is 2.57 bits per heavy atom. The van der Waals surface area contributed by atoms with Gasteiger partial charge in [-0.05, 0) is 56.2 Å². The number of benzene rings is 1. The summed E-state index contributed by atoms with van der Waals surface area (Å²) in [5.74, 6) is 0.405. The third-order valence-electron chi connectivity index (χ3n) is 4.48. The van der Waals surface area contributed by atoms with Crippen molar-refractivity contribution in [2.24, 2.45) is 11.5 Å². The SMILES string of the molecule is Cc1nsc(CCC(=O)[C@@H](CCc2ccccc2)NC(=O)[C@@H](N)CCCN)n1. The predicted octanol–water partition coefficient (Wildman–Crippen LogP) is 1.53. The Balaban J connectivity index is 1.97. The molecule has 1 aromatic heterocycles. The van der Waals surface area contributed by atoms with Gasteiger partial charge in [-0.1, -0.05) is 30.3 Å². The molecule has 0 aliphatic heterocycles. The molecule has 1 amide bonds. The molecule has 0 saturated carbocycles. The van der Waals surface area contributed by atoms with Gasteiger partial charge in [0.25, 0.3) is 0 Å². The van der Waals surface area contributed by atoms with Crippen LogP contribution in [0.5, 0.6) is 0 Å². The molecule has 1 heterocycles. The van der Waals surface area contributed by atoms with Crippen molar-refractivity contribution in [3.63, 3.8) is 0 Å². The molecule has 0 radical (unpaired) electrons. The number of hydrogen-bond donors (Lipinski definition) is 3. The topological polar surface area (TPSA) is 124 Å². The van der Waals surface area contributed by atoms with Gasteiger partial charge in [-0.25, -0.2) is 4.98 Å². The summed E-state index contributed by atoms with van der Waals surface area (Å²) in [5.41, 5.74) is 12.5. The van der Waals surface area contributed by atoms with Crippen molar-refractivity contribution in [1.82, 2.24) is 14.7 Å². The van der Waals surface area contributed by atoms with E-state index in [-0.39, 0.29) is 11.7 Å². The minimum atomic E-state index is -0.651. The van der Waals surface area contributed by atoms with Gasteiger partial charge < -0.3 is 16.8 Å². The summed E-state index contributed by atoms with van der Waals surface area (Å²) >= 11 is 1.31. The van der Waals surface area contributed by atoms with E-state index >= 15 is 0 Å². The number of aryl methyl sites for hydroxylation is 3. The van der Waals surface area contributed by atoms with Gasteiger partial charge in [0, 0.05) is 12.8 Å². The van der Waals surface area contributed by atoms with E-state index in [4.69, 9.17) is 11.5 Å². The van der Waals surface area contributed by atoms with E-state index in [1.807, 2.05) is 37.3 Å². The van der Waals surface area contributed by atoms with Gasteiger partial charge in [0.05, 0.1) is 12.1 Å². The summed E-state index contributed by atoms with van der Waals surface area (Å²) in [7, 11) is 0. The fourth-order valence-electron chi connectivity index (χ4n) is 2.86. The molecule has 152 valence electrons. The Kier molecular flexibility index (Phi) is 9.19. The second-order valence-electron chi connectivity index (χ2n) is 6.82. The summed E-state index contributed by atoms with van der Waals surface area (Å²) in [6.07, 6.45) is 3.26. The van der Waals surface area contributed by atoms with Gasteiger partial charge in [-0.3, -0.25) is 9.59 Å². The summed E-state index contributed by atoms with van der Waals surface area (Å²) in [5, 5.41) is 3.68. The minimum Gasteiger partial charge on any atom is -0.345 e. The molecule has 0 aliphatic rings. The van der Waals surface area contributed by atoms with Crippen LogP contribution in [-0.4, -0.2) is 39.7 Å². The lowest BCUT2D eigenvalue weighted by Gasteiger charge is -2.20. The van der Waals surface area contributed by atoms with Crippen LogP contribution in [0.3, 0.4) is 0 Å². The van der Waals surface area contributed by atoms with E-state index in [1.165, 1.54) is 11.5 Å². The summed E-state index contributed by atoms with van der Waals surface area (Å²) in [6.45, 7) is 2.31. The molecule has 0 saturated heterocycles. The molecule has 5 N–H and O–H groups in total. The largest absolute Gasteiger partial charge is 0.345 e. The number of nitrogens with two attached hydrogens (primary N) is 2. The summed E-state index contributed by atoms with van der Waals surface area (Å²) in [4.78, 5) is 29.5. The van der Waals surface area contributed by atoms with Crippen LogP contribution in [0.2, 0.25) is 0 Å². The quantitative estimate of drug-likeness (QED) is 0.494. The molecule has 8 heteroatoms. The lowest BCUT2D eigenvalue weighted by molar-refractivity contribution is -0.128. The van der Waals surface area contributed by atoms with Crippen LogP contribution in [0.1, 0.15) is 42.1 Å². The number of carbonyl (C=O) groups is 2. The molecule has 28 heavy (non-hydrogen) atoms. The van der Waals surface area contributed by atoms with Crippen LogP contribution in [0.15, 0.2) is 30.3 Å². The first-order chi connectivity index (χ1) is 13.5. The lowest BCUT2D eigenvalue weighted by atomic mass is 9.99. The number of rotatable bonds is 12. The third-order valence-corrected chi connectivity index (χ3v) is 5.34. The Bertz CT molecular complexity index is 750. The maximum absolute atomic E-state index is 12.8. The highest BCUT2D eigenvalue weighted by Gasteiger charge is 2.23. The second kappa shape index (κ2) is 11.6. The third kappa shape index (κ3) is 7.46. The summed E-state index contributed by atoms with van der Waals surface area (Å²) in [6, 6.07) is 8.69. The van der Waals surface area contributed by atoms with Crippen molar-refractivity contribution in [3.05, 3.63) is 46.7 Å². The van der Waals surface area contributed by atoms with Gasteiger partial charge in [0.1, 0.15) is 10.8 Å². The standard InChI is InChI=1S/C20H29N5O2S/c1-14-23-19(28-25-14)12-11-18(26)17(10-9-15-6-3-2-4-7-15)24-20(27)16(22)8-5-13-21/h2-4,6-7,16-17H,5,8-13,21-22H2,1H3,(H,24,27)/t16-,17+/m0/s1. The zero-order chi connectivity index (χ0) is 20.4. The zero-order valence-corrected chi connectivity index (χ0v) is 17.1. The fourth-order valence-corrected chi connectivity index (χ4v) is 3.51. The number of Topliss-reactive ketones (excluding diaryl/α,β-unsaturated/α-hetero) is 1. The van der Waals surface area contributed by atoms with Crippen LogP contribution in [0, 0.1) is 6.92 Å². The molecule has 0 bridgehead atoms. The first-order valence-corrected chi connectivity index (χ1v) is 10.4. The molecule has 0 fully saturated rings. The zero-order valence-electron chi connectivity index (χ0n) is 16.3. The van der Waals surface area contributed by atoms with Crippen molar-refractivity contribution >= 4 is 23.2 Å². The van der Waals surface area contributed by atoms with Crippen LogP contribution < -0.4 is 16.8 Å². The lowest BCUT2D eigenvalue weighted by Crippen LogP contribution is -2.48. The molecule has 1 aromatic carbocycles. The number of amides is 1. The minimum absolute atomic E-state index is 0.0110. The summed E-state index contributed by atoms with van der Waals surface area (Å²) < 4.78 is 4.14. The van der Waals surface area contributed by atoms with Crippen molar-refractivity contribution in [2.75, 3.05) is 6.54 Å². The number of nitrogens with one attached hydrogen (secondary N) is 1. The number of hydrogen-bond acceptors (Lipinski definition) is 7. The molecule has 0 spiro atoms. The van der Waals surface area contributed by atoms with Crippen molar-refractivity contribution in [2.45, 2.75) is 57.5 Å². The van der Waals surface area contributed by atoms with Gasteiger partial charge in [0.2, 0.25) is 5.91 Å². The predicted molar refractivity (Wildman–Crippen MR) is 111 cm³/mol. The van der Waals surface area contributed by atoms with Gasteiger partial charge >= 0.3 is 0 Å². The Morgan fingerprint density at radius 1 is 1.18 bits per heavy atom. The monoisotopic (exact) mass is 403 g/mol. The maximum Gasteiger partial charge on any atom is 0.237 e. The molecular formula is C20H29N5O2S. The van der Waals surface area contributed by atoms with Gasteiger partial charge in [0.15, 0.2) is 5.78 Å². The molecule has 2 rings (SSSR count). The highest BCUT2D eigenvalue weighted by atomic mass is 32.1. The van der Waals surface area contributed by atoms with E-state index in [9.17, 15) is 9.59 Å². The normalized spacial score (nSPS) is 13.1. The highest BCUT2D eigenvalue weighted by Crippen LogP contribution is 2.11. The molecule has 2 atom stereocenters. The Labute approximate surface area is 170 Å². The Morgan fingerprint density at radius 2 is 1.93 bits per heavy atom. The van der Waals surface area contributed by atoms with Crippen molar-refractivity contribution in [3.8, 4) is 0 Å². The van der Waals surface area contributed by atoms with Crippen molar-refractivity contribution in [1.29, 1.82) is 0 Å². The molecular weight excluding hydrogens is 374 g/mol. The number of ketones is 1. The van der Waals surface area contributed by atoms with Crippen LogP contribution in [0.25, 0.3) is 0 Å². The van der Waals surface area contributed by atoms with Crippen LogP contribution in [0.4, 0.5) is 0 Å². The van der Waals surface area contributed by atoms with Crippen molar-refractivity contribution < 1.29 is 9.59 Å². The fraction of sp³-hybridized carbons (Fsp3) is 0.500. The van der Waals surface area contributed by atoms with Crippen LogP contribution in [-0.2, 0) is 22.4 Å². The first kappa shape index (κ1) is 22.1. The smallest absolute Gasteiger partial charge is 0.237 e. The van der Waals surface area contributed by atoms with Crippen LogP contribution >= 0.6 is 11.5 Å². The van der Waals surface area contributed by atoms with E-state index in [0.717, 1.165) is 10.6 Å². The molecule has 0 aliphatic carbocycles. The Hall–Kier alpha value is -2.16. The van der Waals surface area contributed by atoms with E-state index in [0.29, 0.717) is 50.9 Å². The molecule has 7 nitrogen and oxygen atoms in total. The van der Waals surface area contributed by atoms with E-state index in [1.54, 1.807) is 0 Å². The van der Waals surface area contributed by atoms with E-state index < -0.39 is 12.1 Å². The highest BCUT2D eigenvalue weighted by molar-refractivity contribution is 7.05. The number of aromatic nitrogens is 2. The molecule has 2 aromatic rings. The number of carbonyl (C=O) groups excluding carboxylic acids is 2. The second-order valence-corrected chi connectivity index (χ2v) is 7.66. The average Bonchev–Trinajstić information content (AvgIpc) is 3.13. The number of nitrogens with zero attached hydrogens (tertiary/aromatic N) is 2. The molecule has 0 unspecified atom stereocenters.